The van der Waals surface area contributed by atoms with Gasteiger partial charge < -0.3 is 10.8 Å². The first-order valence-corrected chi connectivity index (χ1v) is 7.37. The van der Waals surface area contributed by atoms with E-state index in [1.54, 1.807) is 13.8 Å². The maximum Gasteiger partial charge on any atom is 0.241 e. The quantitative estimate of drug-likeness (QED) is 0.713. The summed E-state index contributed by atoms with van der Waals surface area (Å²) >= 11 is 5.80. The summed E-state index contributed by atoms with van der Waals surface area (Å²) < 4.78 is 26.4. The molecule has 1 atom stereocenters. The number of nitrogen functional groups attached to an aromatic ring is 1. The van der Waals surface area contributed by atoms with Crippen LogP contribution in [0.3, 0.4) is 0 Å². The number of hydrogen-bond donors (Lipinski definition) is 3. The lowest BCUT2D eigenvalue weighted by Gasteiger charge is -2.13. The largest absolute Gasteiger partial charge is 0.398 e. The molecule has 0 radical (unpaired) electrons. The zero-order valence-corrected chi connectivity index (χ0v) is 11.8. The molecule has 0 saturated heterocycles. The van der Waals surface area contributed by atoms with E-state index >= 15 is 0 Å². The van der Waals surface area contributed by atoms with E-state index in [2.05, 4.69) is 4.72 Å². The lowest BCUT2D eigenvalue weighted by Crippen LogP contribution is -2.32. The van der Waals surface area contributed by atoms with Gasteiger partial charge in [-0.3, -0.25) is 0 Å². The molecular formula is C11H17ClN2O3S. The molecule has 0 aliphatic heterocycles. The molecule has 1 rings (SSSR count). The van der Waals surface area contributed by atoms with Gasteiger partial charge in [-0.15, -0.1) is 0 Å². The van der Waals surface area contributed by atoms with Gasteiger partial charge in [0.2, 0.25) is 10.0 Å². The van der Waals surface area contributed by atoms with E-state index in [-0.39, 0.29) is 16.5 Å². The highest BCUT2D eigenvalue weighted by atomic mass is 35.5. The molecule has 0 fully saturated rings. The van der Waals surface area contributed by atoms with Crippen LogP contribution in [0.5, 0.6) is 0 Å². The average molecular weight is 293 g/mol. The molecule has 0 spiro atoms. The Bertz CT molecular complexity index is 531. The number of sulfonamides is 1. The van der Waals surface area contributed by atoms with E-state index in [4.69, 9.17) is 17.3 Å². The third-order valence-corrected chi connectivity index (χ3v) is 4.40. The number of nitrogens with one attached hydrogen (secondary N) is 1. The minimum atomic E-state index is -3.72. The Hall–Kier alpha value is -0.820. The Kier molecular flexibility index (Phi) is 4.98. The molecule has 18 heavy (non-hydrogen) atoms. The maximum atomic E-state index is 12.0. The van der Waals surface area contributed by atoms with Crippen molar-refractivity contribution >= 4 is 27.3 Å². The zero-order chi connectivity index (χ0) is 13.9. The Morgan fingerprint density at radius 3 is 2.67 bits per heavy atom. The van der Waals surface area contributed by atoms with E-state index in [0.717, 1.165) is 0 Å². The first kappa shape index (κ1) is 15.2. The van der Waals surface area contributed by atoms with Crippen molar-refractivity contribution in [2.45, 2.75) is 31.3 Å². The van der Waals surface area contributed by atoms with Crippen LogP contribution in [0.1, 0.15) is 18.9 Å². The molecule has 1 unspecified atom stereocenters. The SMILES string of the molecule is CCC(O)CNS(=O)(=O)c1cc(Cl)cc(N)c1C. The Labute approximate surface area is 112 Å². The lowest BCUT2D eigenvalue weighted by molar-refractivity contribution is 0.174. The molecule has 0 saturated carbocycles. The minimum Gasteiger partial charge on any atom is -0.398 e. The summed E-state index contributed by atoms with van der Waals surface area (Å²) in [6, 6.07) is 2.84. The lowest BCUT2D eigenvalue weighted by atomic mass is 10.2. The third-order valence-electron chi connectivity index (χ3n) is 2.63. The molecule has 0 aliphatic carbocycles. The van der Waals surface area contributed by atoms with Crippen LogP contribution in [0.15, 0.2) is 17.0 Å². The van der Waals surface area contributed by atoms with E-state index in [1.807, 2.05) is 0 Å². The number of benzene rings is 1. The third kappa shape index (κ3) is 3.58. The molecule has 0 bridgehead atoms. The van der Waals surface area contributed by atoms with Crippen molar-refractivity contribution in [1.29, 1.82) is 0 Å². The average Bonchev–Trinajstić information content (AvgIpc) is 2.30. The second-order valence-corrected chi connectivity index (χ2v) is 6.20. The van der Waals surface area contributed by atoms with Crippen molar-refractivity contribution in [2.75, 3.05) is 12.3 Å². The van der Waals surface area contributed by atoms with Crippen LogP contribution in [0.4, 0.5) is 5.69 Å². The predicted octanol–water partition coefficient (Wildman–Crippen LogP) is 1.28. The van der Waals surface area contributed by atoms with Crippen molar-refractivity contribution in [3.63, 3.8) is 0 Å². The van der Waals surface area contributed by atoms with Crippen molar-refractivity contribution in [3.05, 3.63) is 22.7 Å². The van der Waals surface area contributed by atoms with Gasteiger partial charge in [-0.1, -0.05) is 18.5 Å². The summed E-state index contributed by atoms with van der Waals surface area (Å²) in [5, 5.41) is 9.63. The van der Waals surface area contributed by atoms with Gasteiger partial charge in [0, 0.05) is 17.3 Å². The molecule has 7 heteroatoms. The molecule has 102 valence electrons. The topological polar surface area (TPSA) is 92.4 Å². The van der Waals surface area contributed by atoms with Crippen LogP contribution in [-0.4, -0.2) is 26.2 Å². The van der Waals surface area contributed by atoms with Gasteiger partial charge in [0.1, 0.15) is 0 Å². The number of aliphatic hydroxyl groups excluding tert-OH is 1. The van der Waals surface area contributed by atoms with E-state index in [1.165, 1.54) is 12.1 Å². The highest BCUT2D eigenvalue weighted by Gasteiger charge is 2.19. The second kappa shape index (κ2) is 5.88. The van der Waals surface area contributed by atoms with Crippen LogP contribution >= 0.6 is 11.6 Å². The first-order chi connectivity index (χ1) is 8.27. The summed E-state index contributed by atoms with van der Waals surface area (Å²) in [7, 11) is -3.72. The normalized spacial score (nSPS) is 13.6. The van der Waals surface area contributed by atoms with Gasteiger partial charge in [0.05, 0.1) is 11.0 Å². The summed E-state index contributed by atoms with van der Waals surface area (Å²) in [4.78, 5) is 0.0378. The molecule has 0 aliphatic rings. The van der Waals surface area contributed by atoms with Gasteiger partial charge in [-0.25, -0.2) is 13.1 Å². The first-order valence-electron chi connectivity index (χ1n) is 5.51. The number of nitrogens with two attached hydrogens (primary N) is 1. The zero-order valence-electron chi connectivity index (χ0n) is 10.3. The number of rotatable bonds is 5. The minimum absolute atomic E-state index is 0.0370. The molecule has 0 amide bonds. The van der Waals surface area contributed by atoms with Crippen molar-refractivity contribution in [2.24, 2.45) is 0 Å². The standard InChI is InChI=1S/C11H17ClN2O3S/c1-3-9(15)6-14-18(16,17)11-5-8(12)4-10(13)7(11)2/h4-5,9,14-15H,3,6,13H2,1-2H3. The highest BCUT2D eigenvalue weighted by Crippen LogP contribution is 2.25. The Balaban J connectivity index is 3.05. The van der Waals surface area contributed by atoms with Crippen LogP contribution < -0.4 is 10.5 Å². The van der Waals surface area contributed by atoms with Crippen LogP contribution in [0.2, 0.25) is 5.02 Å². The van der Waals surface area contributed by atoms with Crippen LogP contribution in [0, 0.1) is 6.92 Å². The number of anilines is 1. The molecule has 0 aromatic heterocycles. The van der Waals surface area contributed by atoms with Gasteiger partial charge in [-0.2, -0.15) is 0 Å². The van der Waals surface area contributed by atoms with E-state index < -0.39 is 16.1 Å². The molecule has 0 heterocycles. The summed E-state index contributed by atoms with van der Waals surface area (Å²) in [5.41, 5.74) is 6.44. The van der Waals surface area contributed by atoms with Crippen molar-refractivity contribution < 1.29 is 13.5 Å². The Morgan fingerprint density at radius 1 is 1.50 bits per heavy atom. The van der Waals surface area contributed by atoms with Crippen LogP contribution in [-0.2, 0) is 10.0 Å². The second-order valence-electron chi connectivity index (χ2n) is 4.03. The molecular weight excluding hydrogens is 276 g/mol. The van der Waals surface area contributed by atoms with Gasteiger partial charge >= 0.3 is 0 Å². The number of halogens is 1. The fourth-order valence-corrected chi connectivity index (χ4v) is 3.04. The molecule has 1 aromatic rings. The fraction of sp³-hybridized carbons (Fsp3) is 0.455. The molecule has 5 nitrogen and oxygen atoms in total. The summed E-state index contributed by atoms with van der Waals surface area (Å²) in [6.45, 7) is 3.34. The van der Waals surface area contributed by atoms with Gasteiger partial charge in [0.15, 0.2) is 0 Å². The number of hydrogen-bond acceptors (Lipinski definition) is 4. The number of aliphatic hydroxyl groups is 1. The highest BCUT2D eigenvalue weighted by molar-refractivity contribution is 7.89. The summed E-state index contributed by atoms with van der Waals surface area (Å²) in [5.74, 6) is 0. The Morgan fingerprint density at radius 2 is 2.11 bits per heavy atom. The predicted molar refractivity (Wildman–Crippen MR) is 72.1 cm³/mol. The monoisotopic (exact) mass is 292 g/mol. The molecule has 1 aromatic carbocycles. The summed E-state index contributed by atoms with van der Waals surface area (Å²) in [6.07, 6.45) is -0.240. The van der Waals surface area contributed by atoms with Crippen molar-refractivity contribution in [1.82, 2.24) is 4.72 Å². The van der Waals surface area contributed by atoms with E-state index in [9.17, 15) is 13.5 Å². The van der Waals surface area contributed by atoms with E-state index in [0.29, 0.717) is 17.7 Å². The fourth-order valence-electron chi connectivity index (χ4n) is 1.38. The molecule has 4 N–H and O–H groups in total. The van der Waals surface area contributed by atoms with Crippen molar-refractivity contribution in [3.8, 4) is 0 Å². The van der Waals surface area contributed by atoms with Crippen LogP contribution in [0.25, 0.3) is 0 Å². The smallest absolute Gasteiger partial charge is 0.241 e. The van der Waals surface area contributed by atoms with Gasteiger partial charge in [-0.05, 0) is 31.0 Å². The maximum absolute atomic E-state index is 12.0. The van der Waals surface area contributed by atoms with Gasteiger partial charge in [0.25, 0.3) is 0 Å².